The Hall–Kier alpha value is -2.29. The van der Waals surface area contributed by atoms with Gasteiger partial charge in [0.15, 0.2) is 0 Å². The van der Waals surface area contributed by atoms with Gasteiger partial charge in [-0.2, -0.15) is 8.42 Å². The molecule has 8 nitrogen and oxygen atoms in total. The lowest BCUT2D eigenvalue weighted by atomic mass is 10.1. The maximum atomic E-state index is 11.7. The van der Waals surface area contributed by atoms with Crippen LogP contribution in [0.25, 0.3) is 0 Å². The molecule has 1 amide bonds. The Kier molecular flexibility index (Phi) is 4.92. The highest BCUT2D eigenvalue weighted by atomic mass is 32.2. The molecule has 0 fully saturated rings. The predicted molar refractivity (Wildman–Crippen MR) is 74.9 cm³/mol. The fourth-order valence-electron chi connectivity index (χ4n) is 1.55. The number of anilines is 1. The minimum Gasteiger partial charge on any atom is -0.449 e. The zero-order valence-corrected chi connectivity index (χ0v) is 11.9. The van der Waals surface area contributed by atoms with Gasteiger partial charge < -0.3 is 10.5 Å². The number of benzene rings is 1. The van der Waals surface area contributed by atoms with Crippen molar-refractivity contribution in [3.8, 4) is 0 Å². The summed E-state index contributed by atoms with van der Waals surface area (Å²) in [5.41, 5.74) is 6.41. The minimum atomic E-state index is -4.16. The van der Waals surface area contributed by atoms with E-state index in [-0.39, 0.29) is 23.7 Å². The minimum absolute atomic E-state index is 0.0461. The van der Waals surface area contributed by atoms with Crippen molar-refractivity contribution in [1.29, 1.82) is 5.41 Å². The first kappa shape index (κ1) is 15.8. The highest BCUT2D eigenvalue weighted by Crippen LogP contribution is 2.19. The Morgan fingerprint density at radius 2 is 2.10 bits per heavy atom. The second-order valence-electron chi connectivity index (χ2n) is 3.84. The lowest BCUT2D eigenvalue weighted by molar-refractivity contribution is 0.159. The van der Waals surface area contributed by atoms with Crippen LogP contribution < -0.4 is 15.2 Å². The first-order valence-electron chi connectivity index (χ1n) is 5.68. The van der Waals surface area contributed by atoms with Crippen LogP contribution in [0, 0.1) is 12.3 Å². The van der Waals surface area contributed by atoms with Crippen molar-refractivity contribution in [2.75, 3.05) is 11.3 Å². The van der Waals surface area contributed by atoms with Gasteiger partial charge >= 0.3 is 16.3 Å². The number of nitrogens with two attached hydrogens (primary N) is 1. The Morgan fingerprint density at radius 3 is 2.65 bits per heavy atom. The largest absolute Gasteiger partial charge is 0.449 e. The Bertz CT molecular complexity index is 627. The van der Waals surface area contributed by atoms with Gasteiger partial charge in [0.25, 0.3) is 0 Å². The summed E-state index contributed by atoms with van der Waals surface area (Å²) in [6.45, 7) is 3.28. The van der Waals surface area contributed by atoms with Crippen molar-refractivity contribution >= 4 is 27.8 Å². The quantitative estimate of drug-likeness (QED) is 0.468. The van der Waals surface area contributed by atoms with Gasteiger partial charge in [0.2, 0.25) is 0 Å². The summed E-state index contributed by atoms with van der Waals surface area (Å²) in [5.74, 6) is -0.281. The summed E-state index contributed by atoms with van der Waals surface area (Å²) in [7, 11) is -4.16. The zero-order valence-electron chi connectivity index (χ0n) is 11.1. The van der Waals surface area contributed by atoms with Crippen molar-refractivity contribution in [3.05, 3.63) is 29.3 Å². The van der Waals surface area contributed by atoms with Crippen LogP contribution in [0.15, 0.2) is 18.2 Å². The Balaban J connectivity index is 3.01. The summed E-state index contributed by atoms with van der Waals surface area (Å²) in [5, 5.41) is 7.46. The molecule has 0 spiro atoms. The number of ether oxygens (including phenoxy) is 1. The molecule has 0 aliphatic rings. The topological polar surface area (TPSA) is 134 Å². The zero-order chi connectivity index (χ0) is 15.3. The lowest BCUT2D eigenvalue weighted by Crippen LogP contribution is -2.36. The van der Waals surface area contributed by atoms with Crippen molar-refractivity contribution in [1.82, 2.24) is 4.72 Å². The number of hydrogen-bond acceptors (Lipinski definition) is 5. The van der Waals surface area contributed by atoms with Crippen LogP contribution >= 0.6 is 0 Å². The van der Waals surface area contributed by atoms with E-state index < -0.39 is 16.3 Å². The lowest BCUT2D eigenvalue weighted by Gasteiger charge is -2.14. The molecule has 0 aromatic heterocycles. The second-order valence-corrected chi connectivity index (χ2v) is 5.25. The highest BCUT2D eigenvalue weighted by molar-refractivity contribution is 7.91. The number of amides is 1. The first-order valence-corrected chi connectivity index (χ1v) is 7.16. The number of nitrogens with one attached hydrogen (secondary N) is 3. The average Bonchev–Trinajstić information content (AvgIpc) is 2.26. The van der Waals surface area contributed by atoms with Gasteiger partial charge in [-0.05, 0) is 25.5 Å². The third-order valence-corrected chi connectivity index (χ3v) is 3.20. The molecule has 9 heteroatoms. The van der Waals surface area contributed by atoms with Crippen LogP contribution in [0.1, 0.15) is 18.1 Å². The molecule has 0 radical (unpaired) electrons. The number of carbonyl (C=O) groups is 1. The molecule has 0 saturated carbocycles. The SMILES string of the molecule is CCOC(=O)NS(=O)(=O)Nc1cccc(C)c1C(=N)N. The van der Waals surface area contributed by atoms with Gasteiger partial charge in [0.05, 0.1) is 12.3 Å². The molecule has 0 atom stereocenters. The van der Waals surface area contributed by atoms with Crippen LogP contribution in [-0.2, 0) is 14.9 Å². The molecule has 0 saturated heterocycles. The van der Waals surface area contributed by atoms with E-state index in [1.807, 2.05) is 0 Å². The third kappa shape index (κ3) is 4.12. The van der Waals surface area contributed by atoms with Gasteiger partial charge in [0.1, 0.15) is 5.84 Å². The number of rotatable bonds is 5. The van der Waals surface area contributed by atoms with Gasteiger partial charge in [0, 0.05) is 5.56 Å². The molecule has 1 aromatic rings. The molecule has 110 valence electrons. The molecule has 20 heavy (non-hydrogen) atoms. The molecule has 0 aliphatic heterocycles. The van der Waals surface area contributed by atoms with E-state index in [4.69, 9.17) is 11.1 Å². The number of amidine groups is 1. The monoisotopic (exact) mass is 300 g/mol. The van der Waals surface area contributed by atoms with Crippen LogP contribution in [-0.4, -0.2) is 27.0 Å². The molecular weight excluding hydrogens is 284 g/mol. The first-order chi connectivity index (χ1) is 9.26. The smallest absolute Gasteiger partial charge is 0.422 e. The molecule has 0 heterocycles. The standard InChI is InChI=1S/C11H16N4O4S/c1-3-19-11(16)15-20(17,18)14-8-6-4-5-7(2)9(8)10(12)13/h4-6,14H,3H2,1-2H3,(H3,12,13)(H,15,16). The van der Waals surface area contributed by atoms with Gasteiger partial charge in [-0.1, -0.05) is 12.1 Å². The van der Waals surface area contributed by atoms with Gasteiger partial charge in [-0.25, -0.2) is 9.52 Å². The van der Waals surface area contributed by atoms with Crippen LogP contribution in [0.4, 0.5) is 10.5 Å². The number of carbonyl (C=O) groups excluding carboxylic acids is 1. The van der Waals surface area contributed by atoms with E-state index in [9.17, 15) is 13.2 Å². The number of nitrogen functional groups attached to an aromatic ring is 1. The number of hydrogen-bond donors (Lipinski definition) is 4. The Labute approximate surface area is 117 Å². The molecule has 0 bridgehead atoms. The van der Waals surface area contributed by atoms with Crippen molar-refractivity contribution in [3.63, 3.8) is 0 Å². The second kappa shape index (κ2) is 6.24. The maximum absolute atomic E-state index is 11.7. The van der Waals surface area contributed by atoms with Crippen LogP contribution in [0.5, 0.6) is 0 Å². The van der Waals surface area contributed by atoms with E-state index >= 15 is 0 Å². The van der Waals surface area contributed by atoms with Crippen molar-refractivity contribution in [2.45, 2.75) is 13.8 Å². The van der Waals surface area contributed by atoms with Crippen LogP contribution in [0.2, 0.25) is 0 Å². The van der Waals surface area contributed by atoms with E-state index in [1.54, 1.807) is 30.7 Å². The predicted octanol–water partition coefficient (Wildman–Crippen LogP) is 0.682. The maximum Gasteiger partial charge on any atom is 0.422 e. The molecule has 0 aliphatic carbocycles. The summed E-state index contributed by atoms with van der Waals surface area (Å²) in [6.07, 6.45) is -1.09. The fraction of sp³-hybridized carbons (Fsp3) is 0.273. The molecule has 0 unspecified atom stereocenters. The average molecular weight is 300 g/mol. The summed E-state index contributed by atoms with van der Waals surface area (Å²) in [4.78, 5) is 11.1. The van der Waals surface area contributed by atoms with Crippen molar-refractivity contribution in [2.24, 2.45) is 5.73 Å². The highest BCUT2D eigenvalue weighted by Gasteiger charge is 2.18. The normalized spacial score (nSPS) is 10.7. The summed E-state index contributed by atoms with van der Waals surface area (Å²) in [6, 6.07) is 4.73. The number of aryl methyl sites for hydroxylation is 1. The third-order valence-electron chi connectivity index (χ3n) is 2.28. The van der Waals surface area contributed by atoms with E-state index in [1.165, 1.54) is 6.07 Å². The van der Waals surface area contributed by atoms with E-state index in [0.717, 1.165) is 0 Å². The summed E-state index contributed by atoms with van der Waals surface area (Å²) < 4.78 is 31.8. The summed E-state index contributed by atoms with van der Waals surface area (Å²) >= 11 is 0. The van der Waals surface area contributed by atoms with E-state index in [2.05, 4.69) is 9.46 Å². The molecular formula is C11H16N4O4S. The van der Waals surface area contributed by atoms with Gasteiger partial charge in [-0.15, -0.1) is 0 Å². The van der Waals surface area contributed by atoms with Gasteiger partial charge in [-0.3, -0.25) is 10.1 Å². The van der Waals surface area contributed by atoms with Crippen molar-refractivity contribution < 1.29 is 17.9 Å². The molecule has 1 aromatic carbocycles. The molecule has 1 rings (SSSR count). The Morgan fingerprint density at radius 1 is 1.45 bits per heavy atom. The molecule has 5 N–H and O–H groups in total. The van der Waals surface area contributed by atoms with Crippen LogP contribution in [0.3, 0.4) is 0 Å². The fourth-order valence-corrected chi connectivity index (χ4v) is 2.34. The van der Waals surface area contributed by atoms with E-state index in [0.29, 0.717) is 5.56 Å².